The largest absolute Gasteiger partial charge is 0.332 e. The highest BCUT2D eigenvalue weighted by molar-refractivity contribution is 5.86. The van der Waals surface area contributed by atoms with E-state index in [9.17, 15) is 0 Å². The minimum Gasteiger partial charge on any atom is -0.332 e. The van der Waals surface area contributed by atoms with Gasteiger partial charge in [-0.2, -0.15) is 0 Å². The number of fused-ring (bicyclic) bond motifs is 6. The first-order valence-corrected chi connectivity index (χ1v) is 19.1. The Morgan fingerprint density at radius 3 is 1.80 bits per heavy atom. The predicted molar refractivity (Wildman–Crippen MR) is 221 cm³/mol. The molecule has 7 aromatic carbocycles. The smallest absolute Gasteiger partial charge is 0.109 e. The van der Waals surface area contributed by atoms with Crippen molar-refractivity contribution >= 4 is 28.7 Å². The van der Waals surface area contributed by atoms with E-state index in [1.54, 1.807) is 0 Å². The normalized spacial score (nSPS) is 20.6. The van der Waals surface area contributed by atoms with Gasteiger partial charge in [0, 0.05) is 33.8 Å². The fourth-order valence-electron chi connectivity index (χ4n) is 9.99. The van der Waals surface area contributed by atoms with Gasteiger partial charge in [-0.15, -0.1) is 0 Å². The van der Waals surface area contributed by atoms with E-state index in [0.29, 0.717) is 0 Å². The summed E-state index contributed by atoms with van der Waals surface area (Å²) in [7, 11) is 0. The quantitative estimate of drug-likeness (QED) is 0.187. The highest BCUT2D eigenvalue weighted by Gasteiger charge is 2.53. The SMILES string of the molecule is C1=c2c(n(-c3cccc(C4NC(c5ccccc5)N4c4ccccc4)c3)c3ccccc23)=CC2c3ccccc3C(c3ccccc3)(c3ccccc3)C12. The van der Waals surface area contributed by atoms with Gasteiger partial charge < -0.3 is 9.47 Å². The van der Waals surface area contributed by atoms with Crippen LogP contribution in [0, 0.1) is 5.92 Å². The van der Waals surface area contributed by atoms with Crippen molar-refractivity contribution in [1.29, 1.82) is 0 Å². The molecular weight excluding hydrogens is 655 g/mol. The summed E-state index contributed by atoms with van der Waals surface area (Å²) in [5, 5.41) is 7.79. The van der Waals surface area contributed by atoms with Crippen molar-refractivity contribution in [3.63, 3.8) is 0 Å². The molecule has 0 saturated carbocycles. The maximum Gasteiger partial charge on any atom is 0.109 e. The molecule has 2 aliphatic carbocycles. The first-order valence-electron chi connectivity index (χ1n) is 19.1. The zero-order valence-corrected chi connectivity index (χ0v) is 29.8. The van der Waals surface area contributed by atoms with Gasteiger partial charge in [-0.05, 0) is 63.7 Å². The van der Waals surface area contributed by atoms with Crippen LogP contribution in [0.3, 0.4) is 0 Å². The summed E-state index contributed by atoms with van der Waals surface area (Å²) in [5.41, 5.74) is 11.3. The summed E-state index contributed by atoms with van der Waals surface area (Å²) >= 11 is 0. The average molecular weight is 694 g/mol. The van der Waals surface area contributed by atoms with E-state index >= 15 is 0 Å². The van der Waals surface area contributed by atoms with Crippen LogP contribution in [0.4, 0.5) is 5.69 Å². The number of rotatable bonds is 6. The van der Waals surface area contributed by atoms with Crippen molar-refractivity contribution in [2.24, 2.45) is 5.92 Å². The van der Waals surface area contributed by atoms with Crippen LogP contribution in [0.1, 0.15) is 51.6 Å². The highest BCUT2D eigenvalue weighted by atomic mass is 15.5. The Balaban J connectivity index is 1.10. The second-order valence-corrected chi connectivity index (χ2v) is 14.9. The van der Waals surface area contributed by atoms with Gasteiger partial charge in [-0.25, -0.2) is 0 Å². The lowest BCUT2D eigenvalue weighted by Crippen LogP contribution is -2.57. The Morgan fingerprint density at radius 1 is 0.481 bits per heavy atom. The molecule has 0 radical (unpaired) electrons. The fourth-order valence-corrected chi connectivity index (χ4v) is 9.99. The molecular formula is C51H39N3. The standard InChI is InChI=1S/C51H39N3/c1-5-18-35(19-6-1)49-52-50(54(49)39-25-11-4-12-26-39)36-20-17-27-40(32-36)53-47-31-16-14-29-42(47)44-33-46-43(34-48(44)53)41-28-13-15-30-45(41)51(46,37-21-7-2-8-22-37)38-23-9-3-10-24-38/h1-34,43,46,49-50,52H. The molecule has 8 aromatic rings. The van der Waals surface area contributed by atoms with E-state index in [2.05, 4.69) is 221 Å². The van der Waals surface area contributed by atoms with Crippen molar-refractivity contribution in [1.82, 2.24) is 9.88 Å². The molecule has 11 rings (SSSR count). The van der Waals surface area contributed by atoms with Crippen molar-refractivity contribution in [2.45, 2.75) is 23.7 Å². The van der Waals surface area contributed by atoms with Crippen LogP contribution >= 0.6 is 0 Å². The molecule has 0 bridgehead atoms. The third-order valence-electron chi connectivity index (χ3n) is 12.2. The lowest BCUT2D eigenvalue weighted by molar-refractivity contribution is 0.276. The average Bonchev–Trinajstić information content (AvgIpc) is 3.71. The van der Waals surface area contributed by atoms with Gasteiger partial charge in [0.15, 0.2) is 0 Å². The molecule has 4 unspecified atom stereocenters. The number of benzene rings is 7. The molecule has 1 saturated heterocycles. The van der Waals surface area contributed by atoms with Crippen LogP contribution in [-0.2, 0) is 5.41 Å². The molecule has 2 heterocycles. The Labute approximate surface area is 315 Å². The third kappa shape index (κ3) is 4.52. The Hall–Kier alpha value is -6.42. The summed E-state index contributed by atoms with van der Waals surface area (Å²) in [4.78, 5) is 2.50. The number of anilines is 1. The van der Waals surface area contributed by atoms with Gasteiger partial charge >= 0.3 is 0 Å². The first kappa shape index (κ1) is 31.1. The van der Waals surface area contributed by atoms with Gasteiger partial charge in [0.2, 0.25) is 0 Å². The summed E-state index contributed by atoms with van der Waals surface area (Å²) in [6.07, 6.45) is 5.34. The van der Waals surface area contributed by atoms with Crippen LogP contribution in [0.5, 0.6) is 0 Å². The highest BCUT2D eigenvalue weighted by Crippen LogP contribution is 2.59. The fraction of sp³-hybridized carbons (Fsp3) is 0.0980. The molecule has 54 heavy (non-hydrogen) atoms. The van der Waals surface area contributed by atoms with Crippen LogP contribution in [0.25, 0.3) is 28.7 Å². The van der Waals surface area contributed by atoms with Crippen LogP contribution in [-0.4, -0.2) is 4.57 Å². The maximum atomic E-state index is 3.92. The van der Waals surface area contributed by atoms with Crippen molar-refractivity contribution in [2.75, 3.05) is 4.90 Å². The topological polar surface area (TPSA) is 20.2 Å². The van der Waals surface area contributed by atoms with Gasteiger partial charge in [-0.1, -0.05) is 176 Å². The van der Waals surface area contributed by atoms with Gasteiger partial charge in [-0.3, -0.25) is 5.32 Å². The zero-order chi connectivity index (χ0) is 35.6. The molecule has 0 amide bonds. The monoisotopic (exact) mass is 693 g/mol. The molecule has 258 valence electrons. The summed E-state index contributed by atoms with van der Waals surface area (Å²) in [5.74, 6) is 0.403. The first-order chi connectivity index (χ1) is 26.8. The summed E-state index contributed by atoms with van der Waals surface area (Å²) in [6.45, 7) is 0. The number of nitrogens with zero attached hydrogens (tertiary/aromatic N) is 2. The second kappa shape index (κ2) is 12.3. The molecule has 1 aromatic heterocycles. The Bertz CT molecular complexity index is 2730. The van der Waals surface area contributed by atoms with E-state index in [0.717, 1.165) is 0 Å². The number of para-hydroxylation sites is 2. The molecule has 1 N–H and O–H groups in total. The van der Waals surface area contributed by atoms with Gasteiger partial charge in [0.05, 0.1) is 16.3 Å². The molecule has 1 fully saturated rings. The Kier molecular flexibility index (Phi) is 7.11. The number of nitrogens with one attached hydrogen (secondary N) is 1. The number of aromatic nitrogens is 1. The molecule has 3 heteroatoms. The maximum absolute atomic E-state index is 3.92. The molecule has 3 nitrogen and oxygen atoms in total. The van der Waals surface area contributed by atoms with Crippen LogP contribution in [0.15, 0.2) is 194 Å². The van der Waals surface area contributed by atoms with Gasteiger partial charge in [0.1, 0.15) is 12.3 Å². The van der Waals surface area contributed by atoms with E-state index in [1.165, 1.54) is 66.2 Å². The van der Waals surface area contributed by atoms with Crippen molar-refractivity contribution in [3.05, 3.63) is 238 Å². The minimum atomic E-state index is -0.326. The van der Waals surface area contributed by atoms with Crippen molar-refractivity contribution < 1.29 is 0 Å². The van der Waals surface area contributed by atoms with E-state index in [-0.39, 0.29) is 29.6 Å². The van der Waals surface area contributed by atoms with E-state index in [4.69, 9.17) is 0 Å². The predicted octanol–water partition coefficient (Wildman–Crippen LogP) is 9.76. The minimum absolute atomic E-state index is 0.0363. The van der Waals surface area contributed by atoms with Crippen LogP contribution in [0.2, 0.25) is 0 Å². The molecule has 0 spiro atoms. The van der Waals surface area contributed by atoms with Crippen LogP contribution < -0.4 is 20.8 Å². The summed E-state index contributed by atoms with van der Waals surface area (Å²) < 4.78 is 2.51. The summed E-state index contributed by atoms with van der Waals surface area (Å²) in [6, 6.07) is 71.3. The van der Waals surface area contributed by atoms with Crippen molar-refractivity contribution in [3.8, 4) is 5.69 Å². The van der Waals surface area contributed by atoms with E-state index < -0.39 is 0 Å². The lowest BCUT2D eigenvalue weighted by Gasteiger charge is -2.51. The molecule has 3 aliphatic rings. The third-order valence-corrected chi connectivity index (χ3v) is 12.2. The molecule has 4 atom stereocenters. The number of hydrogen-bond donors (Lipinski definition) is 1. The Morgan fingerprint density at radius 2 is 1.06 bits per heavy atom. The second-order valence-electron chi connectivity index (χ2n) is 14.9. The van der Waals surface area contributed by atoms with Gasteiger partial charge in [0.25, 0.3) is 0 Å². The lowest BCUT2D eigenvalue weighted by atomic mass is 9.63. The number of hydrogen-bond acceptors (Lipinski definition) is 2. The molecule has 1 aliphatic heterocycles. The zero-order valence-electron chi connectivity index (χ0n) is 29.8. The van der Waals surface area contributed by atoms with E-state index in [1.807, 2.05) is 0 Å².